The smallest absolute Gasteiger partial charge is 0.242 e. The Balaban J connectivity index is 2.15. The number of sulfonamides is 1. The molecule has 0 aliphatic heterocycles. The van der Waals surface area contributed by atoms with Crippen molar-refractivity contribution in [2.24, 2.45) is 0 Å². The van der Waals surface area contributed by atoms with Gasteiger partial charge in [-0.3, -0.25) is 0 Å². The van der Waals surface area contributed by atoms with Crippen molar-refractivity contribution in [2.45, 2.75) is 4.90 Å². The van der Waals surface area contributed by atoms with Gasteiger partial charge in [-0.25, -0.2) is 17.4 Å². The van der Waals surface area contributed by atoms with E-state index in [4.69, 9.17) is 0 Å². The summed E-state index contributed by atoms with van der Waals surface area (Å²) in [6.07, 6.45) is 1.65. The van der Waals surface area contributed by atoms with Gasteiger partial charge < -0.3 is 10.2 Å². The van der Waals surface area contributed by atoms with Crippen LogP contribution >= 0.6 is 0 Å². The molecule has 0 bridgehead atoms. The van der Waals surface area contributed by atoms with Crippen LogP contribution < -0.4 is 0 Å². The van der Waals surface area contributed by atoms with Crippen LogP contribution in [0.15, 0.2) is 47.5 Å². The van der Waals surface area contributed by atoms with Crippen LogP contribution in [0.4, 0.5) is 0 Å². The molecule has 0 aliphatic carbocycles. The fraction of sp³-hybridized carbons (Fsp3) is 0.133. The lowest BCUT2D eigenvalue weighted by Gasteiger charge is -2.10. The quantitative estimate of drug-likeness (QED) is 0.711. The van der Waals surface area contributed by atoms with E-state index in [2.05, 4.69) is 5.10 Å². The zero-order chi connectivity index (χ0) is 16.8. The molecule has 0 spiro atoms. The van der Waals surface area contributed by atoms with Gasteiger partial charge in [0.1, 0.15) is 17.2 Å². The van der Waals surface area contributed by atoms with Gasteiger partial charge in [0.15, 0.2) is 0 Å². The van der Waals surface area contributed by atoms with Crippen LogP contribution in [0.5, 0.6) is 11.5 Å². The fourth-order valence-electron chi connectivity index (χ4n) is 2.19. The first-order chi connectivity index (χ1) is 10.8. The molecule has 2 N–H and O–H groups in total. The van der Waals surface area contributed by atoms with Gasteiger partial charge >= 0.3 is 0 Å². The second-order valence-electron chi connectivity index (χ2n) is 5.25. The predicted molar refractivity (Wildman–Crippen MR) is 85.3 cm³/mol. The van der Waals surface area contributed by atoms with Crippen molar-refractivity contribution < 1.29 is 18.6 Å². The van der Waals surface area contributed by atoms with Crippen molar-refractivity contribution in [3.63, 3.8) is 0 Å². The Morgan fingerprint density at radius 1 is 1.09 bits per heavy atom. The zero-order valence-corrected chi connectivity index (χ0v) is 13.3. The number of fused-ring (bicyclic) bond motifs is 1. The molecule has 120 valence electrons. The Kier molecular flexibility index (Phi) is 3.50. The van der Waals surface area contributed by atoms with Crippen molar-refractivity contribution in [1.82, 2.24) is 14.1 Å². The summed E-state index contributed by atoms with van der Waals surface area (Å²) >= 11 is 0. The maximum Gasteiger partial charge on any atom is 0.242 e. The molecule has 2 aromatic carbocycles. The van der Waals surface area contributed by atoms with Crippen LogP contribution in [0.25, 0.3) is 16.6 Å². The summed E-state index contributed by atoms with van der Waals surface area (Å²) in [6.45, 7) is 0. The second-order valence-corrected chi connectivity index (χ2v) is 7.41. The first kappa shape index (κ1) is 15.3. The summed E-state index contributed by atoms with van der Waals surface area (Å²) in [7, 11) is -0.621. The molecule has 3 aromatic rings. The highest BCUT2D eigenvalue weighted by Crippen LogP contribution is 2.27. The van der Waals surface area contributed by atoms with Gasteiger partial charge in [-0.05, 0) is 30.3 Å². The molecule has 1 heterocycles. The number of phenols is 2. The lowest BCUT2D eigenvalue weighted by molar-refractivity contribution is 0.456. The van der Waals surface area contributed by atoms with Gasteiger partial charge in [0, 0.05) is 31.7 Å². The van der Waals surface area contributed by atoms with E-state index in [1.807, 2.05) is 0 Å². The summed E-state index contributed by atoms with van der Waals surface area (Å²) < 4.78 is 26.9. The van der Waals surface area contributed by atoms with Crippen molar-refractivity contribution in [3.8, 4) is 17.2 Å². The maximum absolute atomic E-state index is 12.2. The lowest BCUT2D eigenvalue weighted by atomic mass is 10.2. The number of benzene rings is 2. The number of rotatable bonds is 3. The highest BCUT2D eigenvalue weighted by Gasteiger charge is 2.18. The molecule has 0 radical (unpaired) electrons. The molecule has 0 fully saturated rings. The van der Waals surface area contributed by atoms with Gasteiger partial charge in [0.25, 0.3) is 0 Å². The SMILES string of the molecule is CN(C)S(=O)(=O)c1ccc2cn(-c3cc(O)ccc3O)nc2c1. The number of aromatic hydroxyl groups is 2. The first-order valence-electron chi connectivity index (χ1n) is 6.73. The number of hydrogen-bond acceptors (Lipinski definition) is 5. The van der Waals surface area contributed by atoms with Crippen LogP contribution in [-0.2, 0) is 10.0 Å². The molecule has 1 aromatic heterocycles. The Bertz CT molecular complexity index is 993. The fourth-order valence-corrected chi connectivity index (χ4v) is 3.11. The molecule has 23 heavy (non-hydrogen) atoms. The Morgan fingerprint density at radius 3 is 2.52 bits per heavy atom. The minimum absolute atomic E-state index is 0.00627. The lowest BCUT2D eigenvalue weighted by Crippen LogP contribution is -2.22. The normalized spacial score (nSPS) is 12.1. The highest BCUT2D eigenvalue weighted by atomic mass is 32.2. The molecule has 0 aliphatic rings. The monoisotopic (exact) mass is 333 g/mol. The van der Waals surface area contributed by atoms with Crippen LogP contribution in [0, 0.1) is 0 Å². The second kappa shape index (κ2) is 5.25. The molecule has 0 saturated heterocycles. The predicted octanol–water partition coefficient (Wildman–Crippen LogP) is 1.69. The van der Waals surface area contributed by atoms with Crippen molar-refractivity contribution in [2.75, 3.05) is 14.1 Å². The van der Waals surface area contributed by atoms with E-state index in [0.29, 0.717) is 16.6 Å². The van der Waals surface area contributed by atoms with Crippen molar-refractivity contribution in [1.29, 1.82) is 0 Å². The van der Waals surface area contributed by atoms with Gasteiger partial charge in [0.2, 0.25) is 10.0 Å². The Hall–Kier alpha value is -2.58. The van der Waals surface area contributed by atoms with E-state index in [0.717, 1.165) is 4.31 Å². The standard InChI is InChI=1S/C15H15N3O4S/c1-17(2)23(21,22)12-5-3-10-9-18(16-13(10)8-12)14-7-11(19)4-6-15(14)20/h3-9,19-20H,1-2H3. The van der Waals surface area contributed by atoms with Crippen molar-refractivity contribution >= 4 is 20.9 Å². The van der Waals surface area contributed by atoms with Crippen LogP contribution in [0.2, 0.25) is 0 Å². The van der Waals surface area contributed by atoms with Crippen LogP contribution in [0.3, 0.4) is 0 Å². The average molecular weight is 333 g/mol. The number of hydrogen-bond donors (Lipinski definition) is 2. The van der Waals surface area contributed by atoms with Gasteiger partial charge in [-0.15, -0.1) is 0 Å². The van der Waals surface area contributed by atoms with Crippen LogP contribution in [-0.4, -0.2) is 46.8 Å². The highest BCUT2D eigenvalue weighted by molar-refractivity contribution is 7.89. The summed E-state index contributed by atoms with van der Waals surface area (Å²) in [4.78, 5) is 0.139. The summed E-state index contributed by atoms with van der Waals surface area (Å²) in [6, 6.07) is 8.73. The van der Waals surface area contributed by atoms with Crippen molar-refractivity contribution in [3.05, 3.63) is 42.6 Å². The third-order valence-electron chi connectivity index (χ3n) is 3.46. The number of nitrogens with zero attached hydrogens (tertiary/aromatic N) is 3. The van der Waals surface area contributed by atoms with E-state index in [-0.39, 0.29) is 16.4 Å². The molecule has 8 heteroatoms. The summed E-state index contributed by atoms with van der Waals surface area (Å²) in [5.74, 6) is -0.0510. The molecule has 0 saturated carbocycles. The zero-order valence-electron chi connectivity index (χ0n) is 12.5. The Morgan fingerprint density at radius 2 is 1.83 bits per heavy atom. The topological polar surface area (TPSA) is 95.7 Å². The number of aromatic nitrogens is 2. The molecule has 7 nitrogen and oxygen atoms in total. The summed E-state index contributed by atoms with van der Waals surface area (Å²) in [5, 5.41) is 24.4. The minimum atomic E-state index is -3.54. The van der Waals surface area contributed by atoms with Gasteiger partial charge in [-0.2, -0.15) is 5.10 Å². The number of phenolic OH excluding ortho intramolecular Hbond substituents is 2. The maximum atomic E-state index is 12.2. The molecule has 0 unspecified atom stereocenters. The Labute approximate surface area is 133 Å². The van der Waals surface area contributed by atoms with Crippen LogP contribution in [0.1, 0.15) is 0 Å². The summed E-state index contributed by atoms with van der Waals surface area (Å²) in [5.41, 5.74) is 0.772. The molecular formula is C15H15N3O4S. The van der Waals surface area contributed by atoms with E-state index >= 15 is 0 Å². The first-order valence-corrected chi connectivity index (χ1v) is 8.17. The molecule has 0 atom stereocenters. The largest absolute Gasteiger partial charge is 0.508 e. The van der Waals surface area contributed by atoms with E-state index in [1.54, 1.807) is 12.3 Å². The van der Waals surface area contributed by atoms with Gasteiger partial charge in [-0.1, -0.05) is 0 Å². The molecule has 3 rings (SSSR count). The average Bonchev–Trinajstić information content (AvgIpc) is 2.92. The molecular weight excluding hydrogens is 318 g/mol. The molecule has 0 amide bonds. The third kappa shape index (κ3) is 2.62. The van der Waals surface area contributed by atoms with Gasteiger partial charge in [0.05, 0.1) is 10.4 Å². The van der Waals surface area contributed by atoms with E-state index < -0.39 is 10.0 Å². The third-order valence-corrected chi connectivity index (χ3v) is 5.27. The minimum Gasteiger partial charge on any atom is -0.508 e. The van der Waals surface area contributed by atoms with E-state index in [1.165, 1.54) is 49.1 Å². The van der Waals surface area contributed by atoms with E-state index in [9.17, 15) is 18.6 Å².